The fourth-order valence-corrected chi connectivity index (χ4v) is 1.85. The van der Waals surface area contributed by atoms with Crippen LogP contribution in [0.15, 0.2) is 0 Å². The van der Waals surface area contributed by atoms with Crippen molar-refractivity contribution >= 4 is 17.6 Å². The van der Waals surface area contributed by atoms with Gasteiger partial charge in [-0.05, 0) is 33.6 Å². The van der Waals surface area contributed by atoms with Gasteiger partial charge in [-0.1, -0.05) is 12.8 Å². The first-order valence-electron chi connectivity index (χ1n) is 5.99. The molecule has 0 aromatic heterocycles. The van der Waals surface area contributed by atoms with Crippen LogP contribution in [0.25, 0.3) is 0 Å². The van der Waals surface area contributed by atoms with Crippen molar-refractivity contribution < 1.29 is 9.53 Å². The highest BCUT2D eigenvalue weighted by Crippen LogP contribution is 2.21. The van der Waals surface area contributed by atoms with Gasteiger partial charge in [0.25, 0.3) is 0 Å². The fourth-order valence-electron chi connectivity index (χ4n) is 1.66. The lowest BCUT2D eigenvalue weighted by molar-refractivity contribution is -0.154. The van der Waals surface area contributed by atoms with Gasteiger partial charge in [-0.15, -0.1) is 11.6 Å². The summed E-state index contributed by atoms with van der Waals surface area (Å²) < 4.78 is 5.30. The Kier molecular flexibility index (Phi) is 5.06. The molecule has 16 heavy (non-hydrogen) atoms. The van der Waals surface area contributed by atoms with Gasteiger partial charge in [0.1, 0.15) is 11.6 Å². The summed E-state index contributed by atoms with van der Waals surface area (Å²) in [5, 5.41) is 3.16. The van der Waals surface area contributed by atoms with E-state index in [1.165, 1.54) is 0 Å². The maximum absolute atomic E-state index is 11.6. The number of rotatable bonds is 6. The fraction of sp³-hybridized carbons (Fsp3) is 0.917. The summed E-state index contributed by atoms with van der Waals surface area (Å²) in [4.78, 5) is 11.6. The highest BCUT2D eigenvalue weighted by Gasteiger charge is 2.43. The second-order valence-electron chi connectivity index (χ2n) is 5.32. The highest BCUT2D eigenvalue weighted by atomic mass is 35.5. The lowest BCUT2D eigenvalue weighted by Crippen LogP contribution is -2.28. The molecule has 0 amide bonds. The third-order valence-electron chi connectivity index (χ3n) is 2.50. The molecule has 0 aromatic carbocycles. The largest absolute Gasteiger partial charge is 0.459 e. The van der Waals surface area contributed by atoms with Crippen molar-refractivity contribution in [2.24, 2.45) is 0 Å². The Morgan fingerprint density at radius 2 is 2.00 bits per heavy atom. The molecule has 1 aliphatic rings. The van der Waals surface area contributed by atoms with Gasteiger partial charge >= 0.3 is 5.97 Å². The molecule has 3 nitrogen and oxygen atoms in total. The highest BCUT2D eigenvalue weighted by molar-refractivity contribution is 6.17. The summed E-state index contributed by atoms with van der Waals surface area (Å²) in [6.07, 6.45) is 4.37. The van der Waals surface area contributed by atoms with Gasteiger partial charge in [0.15, 0.2) is 0 Å². The van der Waals surface area contributed by atoms with Crippen molar-refractivity contribution in [3.63, 3.8) is 0 Å². The molecule has 0 saturated carbocycles. The molecule has 94 valence electrons. The smallest absolute Gasteiger partial charge is 0.325 e. The predicted octanol–water partition coefficient (Wildman–Crippen LogP) is 2.47. The molecule has 1 rings (SSSR count). The number of esters is 1. The van der Waals surface area contributed by atoms with E-state index in [1.807, 2.05) is 20.8 Å². The average molecular weight is 248 g/mol. The molecule has 0 unspecified atom stereocenters. The van der Waals surface area contributed by atoms with Crippen LogP contribution in [0, 0.1) is 0 Å². The zero-order valence-electron chi connectivity index (χ0n) is 10.4. The molecular formula is C12H22ClNO2. The van der Waals surface area contributed by atoms with E-state index in [9.17, 15) is 4.79 Å². The van der Waals surface area contributed by atoms with E-state index in [1.54, 1.807) is 0 Å². The Balaban J connectivity index is 2.11. The number of carbonyl (C=O) groups excluding carboxylic acids is 1. The van der Waals surface area contributed by atoms with Gasteiger partial charge < -0.3 is 4.74 Å². The molecule has 0 aliphatic carbocycles. The van der Waals surface area contributed by atoms with Crippen LogP contribution in [0.4, 0.5) is 0 Å². The number of unbranched alkanes of at least 4 members (excludes halogenated alkanes) is 2. The Labute approximate surface area is 103 Å². The minimum Gasteiger partial charge on any atom is -0.459 e. The van der Waals surface area contributed by atoms with Crippen molar-refractivity contribution in [2.75, 3.05) is 5.88 Å². The van der Waals surface area contributed by atoms with Crippen molar-refractivity contribution in [2.45, 2.75) is 64.1 Å². The third-order valence-corrected chi connectivity index (χ3v) is 2.76. The quantitative estimate of drug-likeness (QED) is 0.340. The van der Waals surface area contributed by atoms with Gasteiger partial charge in [0.2, 0.25) is 0 Å². The molecule has 0 radical (unpaired) electrons. The first kappa shape index (κ1) is 13.8. The van der Waals surface area contributed by atoms with E-state index in [4.69, 9.17) is 16.3 Å². The maximum Gasteiger partial charge on any atom is 0.325 e. The third kappa shape index (κ3) is 5.17. The number of ether oxygens (including phenoxy) is 1. The molecule has 1 fully saturated rings. The molecule has 1 heterocycles. The van der Waals surface area contributed by atoms with Crippen LogP contribution < -0.4 is 5.32 Å². The van der Waals surface area contributed by atoms with Crippen molar-refractivity contribution in [1.29, 1.82) is 0 Å². The molecule has 0 spiro atoms. The summed E-state index contributed by atoms with van der Waals surface area (Å²) in [6, 6.07) is 0.250. The Bertz CT molecular complexity index is 238. The summed E-state index contributed by atoms with van der Waals surface area (Å²) in [7, 11) is 0. The normalized spacial score (nSPS) is 24.2. The van der Waals surface area contributed by atoms with Gasteiger partial charge in [0, 0.05) is 11.9 Å². The van der Waals surface area contributed by atoms with E-state index >= 15 is 0 Å². The summed E-state index contributed by atoms with van der Waals surface area (Å²) in [6.45, 7) is 5.67. The van der Waals surface area contributed by atoms with Gasteiger partial charge in [-0.2, -0.15) is 0 Å². The SMILES string of the molecule is CC(C)(C)OC(=O)[C@H]1N[C@@H]1CCCCCCl. The molecule has 0 aromatic rings. The first-order valence-corrected chi connectivity index (χ1v) is 6.52. The van der Waals surface area contributed by atoms with Crippen LogP contribution in [0.3, 0.4) is 0 Å². The van der Waals surface area contributed by atoms with Crippen LogP contribution in [-0.2, 0) is 9.53 Å². The number of carbonyl (C=O) groups is 1. The topological polar surface area (TPSA) is 48.2 Å². The number of halogens is 1. The minimum atomic E-state index is -0.384. The summed E-state index contributed by atoms with van der Waals surface area (Å²) in [5.41, 5.74) is -0.384. The van der Waals surface area contributed by atoms with Gasteiger partial charge in [-0.25, -0.2) is 0 Å². The van der Waals surface area contributed by atoms with Crippen LogP contribution in [0.5, 0.6) is 0 Å². The van der Waals surface area contributed by atoms with Crippen LogP contribution in [0.1, 0.15) is 46.5 Å². The second kappa shape index (κ2) is 5.87. The standard InChI is InChI=1S/C12H22ClNO2/c1-12(2,3)16-11(15)10-9(14-10)7-5-4-6-8-13/h9-10,14H,4-8H2,1-3H3/t9-,10+/m1/s1. The predicted molar refractivity (Wildman–Crippen MR) is 65.7 cm³/mol. The number of nitrogens with one attached hydrogen (secondary N) is 1. The number of hydrogen-bond donors (Lipinski definition) is 1. The molecule has 2 atom stereocenters. The Hall–Kier alpha value is -0.280. The van der Waals surface area contributed by atoms with Gasteiger partial charge in [0.05, 0.1) is 0 Å². The van der Waals surface area contributed by atoms with E-state index in [0.717, 1.165) is 31.6 Å². The first-order chi connectivity index (χ1) is 7.44. The second-order valence-corrected chi connectivity index (χ2v) is 5.70. The van der Waals surface area contributed by atoms with E-state index in [2.05, 4.69) is 5.32 Å². The average Bonchev–Trinajstić information content (AvgIpc) is 2.89. The lowest BCUT2D eigenvalue weighted by Gasteiger charge is -2.19. The van der Waals surface area contributed by atoms with Crippen molar-refractivity contribution in [1.82, 2.24) is 5.32 Å². The Morgan fingerprint density at radius 1 is 1.31 bits per heavy atom. The molecule has 1 N–H and O–H groups in total. The summed E-state index contributed by atoms with van der Waals surface area (Å²) in [5.74, 6) is 0.614. The zero-order valence-corrected chi connectivity index (χ0v) is 11.1. The van der Waals surface area contributed by atoms with Crippen LogP contribution in [-0.4, -0.2) is 29.5 Å². The monoisotopic (exact) mass is 247 g/mol. The van der Waals surface area contributed by atoms with E-state index in [-0.39, 0.29) is 17.6 Å². The van der Waals surface area contributed by atoms with Gasteiger partial charge in [-0.3, -0.25) is 10.1 Å². The minimum absolute atomic E-state index is 0.0739. The summed E-state index contributed by atoms with van der Waals surface area (Å²) >= 11 is 5.59. The van der Waals surface area contributed by atoms with E-state index in [0.29, 0.717) is 6.04 Å². The molecule has 4 heteroatoms. The van der Waals surface area contributed by atoms with Crippen LogP contribution >= 0.6 is 11.6 Å². The van der Waals surface area contributed by atoms with Crippen molar-refractivity contribution in [3.05, 3.63) is 0 Å². The number of alkyl halides is 1. The molecule has 0 bridgehead atoms. The van der Waals surface area contributed by atoms with Crippen LogP contribution in [0.2, 0.25) is 0 Å². The lowest BCUT2D eigenvalue weighted by atomic mass is 10.1. The van der Waals surface area contributed by atoms with E-state index < -0.39 is 0 Å². The number of hydrogen-bond acceptors (Lipinski definition) is 3. The molecule has 1 aliphatic heterocycles. The molecular weight excluding hydrogens is 226 g/mol. The Morgan fingerprint density at radius 3 is 2.56 bits per heavy atom. The maximum atomic E-state index is 11.6. The molecule has 1 saturated heterocycles. The van der Waals surface area contributed by atoms with Crippen molar-refractivity contribution in [3.8, 4) is 0 Å². The zero-order chi connectivity index (χ0) is 12.2.